The first-order valence-corrected chi connectivity index (χ1v) is 8.97. The average Bonchev–Trinajstić information content (AvgIpc) is 2.77. The number of hydrogen-bond acceptors (Lipinski definition) is 3. The molecular weight excluding hydrogens is 276 g/mol. The number of Topliss-reactive ketones (excluding diaryl/α,β-unsaturated/α-hetero) is 1. The zero-order valence-corrected chi connectivity index (χ0v) is 13.7. The molecule has 4 rings (SSSR count). The first kappa shape index (κ1) is 14.9. The Hall–Kier alpha value is -0.670. The van der Waals surface area contributed by atoms with Crippen LogP contribution in [0.1, 0.15) is 58.8 Å². The van der Waals surface area contributed by atoms with Gasteiger partial charge in [-0.05, 0) is 61.7 Å². The van der Waals surface area contributed by atoms with E-state index in [1.807, 2.05) is 6.08 Å². The van der Waals surface area contributed by atoms with Gasteiger partial charge in [0.1, 0.15) is 5.78 Å². The molecule has 0 aromatic carbocycles. The molecule has 0 radical (unpaired) electrons. The maximum Gasteiger partial charge on any atom is 0.139 e. The fourth-order valence-electron chi connectivity index (χ4n) is 6.40. The van der Waals surface area contributed by atoms with Gasteiger partial charge in [0.2, 0.25) is 0 Å². The van der Waals surface area contributed by atoms with E-state index in [-0.39, 0.29) is 22.9 Å². The van der Waals surface area contributed by atoms with Crippen LogP contribution in [0.5, 0.6) is 0 Å². The highest BCUT2D eigenvalue weighted by atomic mass is 16.3. The highest BCUT2D eigenvalue weighted by molar-refractivity contribution is 5.87. The molecule has 7 unspecified atom stereocenters. The first-order chi connectivity index (χ1) is 10.4. The predicted molar refractivity (Wildman–Crippen MR) is 84.1 cm³/mol. The van der Waals surface area contributed by atoms with Crippen molar-refractivity contribution in [1.82, 2.24) is 0 Å². The molecule has 122 valence electrons. The molecule has 3 heteroatoms. The summed E-state index contributed by atoms with van der Waals surface area (Å²) in [5.74, 6) is 1.46. The number of rotatable bonds is 0. The SMILES string of the molecule is CC12CCC3C(C(O)C=C4CC(O)CCC43C)C1CCC2=O. The molecule has 2 N–H and O–H groups in total. The van der Waals surface area contributed by atoms with Crippen LogP contribution in [-0.2, 0) is 4.79 Å². The molecule has 7 atom stereocenters. The third-order valence-electron chi connectivity index (χ3n) is 7.81. The second-order valence-electron chi connectivity index (χ2n) is 8.70. The third kappa shape index (κ3) is 1.78. The summed E-state index contributed by atoms with van der Waals surface area (Å²) in [4.78, 5) is 12.4. The lowest BCUT2D eigenvalue weighted by Gasteiger charge is -2.58. The van der Waals surface area contributed by atoms with Crippen molar-refractivity contribution in [2.24, 2.45) is 28.6 Å². The second-order valence-corrected chi connectivity index (χ2v) is 8.70. The molecule has 22 heavy (non-hydrogen) atoms. The van der Waals surface area contributed by atoms with Gasteiger partial charge < -0.3 is 10.2 Å². The Balaban J connectivity index is 1.75. The Morgan fingerprint density at radius 3 is 2.50 bits per heavy atom. The van der Waals surface area contributed by atoms with E-state index in [0.717, 1.165) is 38.5 Å². The number of aliphatic hydroxyl groups is 2. The molecule has 3 fully saturated rings. The van der Waals surface area contributed by atoms with Crippen LogP contribution < -0.4 is 0 Å². The monoisotopic (exact) mass is 304 g/mol. The van der Waals surface area contributed by atoms with Gasteiger partial charge in [-0.2, -0.15) is 0 Å². The van der Waals surface area contributed by atoms with Crippen LogP contribution in [0.3, 0.4) is 0 Å². The van der Waals surface area contributed by atoms with Crippen molar-refractivity contribution < 1.29 is 15.0 Å². The lowest BCUT2D eigenvalue weighted by atomic mass is 9.47. The van der Waals surface area contributed by atoms with Crippen LogP contribution in [0.25, 0.3) is 0 Å². The van der Waals surface area contributed by atoms with Crippen LogP contribution in [0, 0.1) is 28.6 Å². The minimum Gasteiger partial charge on any atom is -0.393 e. The highest BCUT2D eigenvalue weighted by Crippen LogP contribution is 2.63. The van der Waals surface area contributed by atoms with Crippen LogP contribution >= 0.6 is 0 Å². The van der Waals surface area contributed by atoms with Crippen molar-refractivity contribution in [2.75, 3.05) is 0 Å². The number of fused-ring (bicyclic) bond motifs is 5. The van der Waals surface area contributed by atoms with Gasteiger partial charge in [0, 0.05) is 11.8 Å². The summed E-state index contributed by atoms with van der Waals surface area (Å²) in [5, 5.41) is 20.8. The van der Waals surface area contributed by atoms with Gasteiger partial charge in [-0.3, -0.25) is 4.79 Å². The van der Waals surface area contributed by atoms with Gasteiger partial charge in [0.25, 0.3) is 0 Å². The summed E-state index contributed by atoms with van der Waals surface area (Å²) >= 11 is 0. The molecule has 3 saturated carbocycles. The molecule has 4 aliphatic carbocycles. The van der Waals surface area contributed by atoms with Crippen LogP contribution in [0.4, 0.5) is 0 Å². The van der Waals surface area contributed by atoms with Gasteiger partial charge in [-0.15, -0.1) is 0 Å². The lowest BCUT2D eigenvalue weighted by Crippen LogP contribution is -2.54. The van der Waals surface area contributed by atoms with Gasteiger partial charge >= 0.3 is 0 Å². The molecule has 0 spiro atoms. The van der Waals surface area contributed by atoms with Crippen LogP contribution in [0.15, 0.2) is 11.6 Å². The van der Waals surface area contributed by atoms with Crippen molar-refractivity contribution in [1.29, 1.82) is 0 Å². The third-order valence-corrected chi connectivity index (χ3v) is 7.81. The summed E-state index contributed by atoms with van der Waals surface area (Å²) in [6.07, 6.45) is 7.65. The minimum absolute atomic E-state index is 0.121. The van der Waals surface area contributed by atoms with Gasteiger partial charge in [-0.25, -0.2) is 0 Å². The predicted octanol–water partition coefficient (Wildman–Crippen LogP) is 2.85. The molecule has 0 bridgehead atoms. The van der Waals surface area contributed by atoms with Crippen molar-refractivity contribution in [3.05, 3.63) is 11.6 Å². The van der Waals surface area contributed by atoms with Crippen molar-refractivity contribution >= 4 is 5.78 Å². The van der Waals surface area contributed by atoms with E-state index in [9.17, 15) is 15.0 Å². The maximum absolute atomic E-state index is 12.4. The maximum atomic E-state index is 12.4. The number of hydrogen-bond donors (Lipinski definition) is 2. The number of carbonyl (C=O) groups excluding carboxylic acids is 1. The Kier molecular flexibility index (Phi) is 3.16. The lowest BCUT2D eigenvalue weighted by molar-refractivity contribution is -0.135. The minimum atomic E-state index is -0.436. The van der Waals surface area contributed by atoms with E-state index < -0.39 is 6.10 Å². The standard InChI is InChI=1S/C19H28O3/c1-18-7-5-12(20)9-11(18)10-15(21)17-13-3-4-16(22)19(13,2)8-6-14(17)18/h10,12-15,17,20-21H,3-9H2,1-2H3. The summed E-state index contributed by atoms with van der Waals surface area (Å²) in [5.41, 5.74) is 1.20. The van der Waals surface area contributed by atoms with Crippen molar-refractivity contribution in [3.8, 4) is 0 Å². The highest BCUT2D eigenvalue weighted by Gasteiger charge is 2.60. The van der Waals surface area contributed by atoms with E-state index in [4.69, 9.17) is 0 Å². The second kappa shape index (κ2) is 4.67. The summed E-state index contributed by atoms with van der Waals surface area (Å²) in [6, 6.07) is 0. The molecular formula is C19H28O3. The Bertz CT molecular complexity index is 539. The Morgan fingerprint density at radius 1 is 1.05 bits per heavy atom. The average molecular weight is 304 g/mol. The largest absolute Gasteiger partial charge is 0.393 e. The molecule has 0 aromatic rings. The van der Waals surface area contributed by atoms with Crippen LogP contribution in [-0.4, -0.2) is 28.2 Å². The van der Waals surface area contributed by atoms with Crippen molar-refractivity contribution in [3.63, 3.8) is 0 Å². The molecule has 0 saturated heterocycles. The molecule has 0 amide bonds. The smallest absolute Gasteiger partial charge is 0.139 e. The topological polar surface area (TPSA) is 57.5 Å². The van der Waals surface area contributed by atoms with E-state index in [2.05, 4.69) is 13.8 Å². The fraction of sp³-hybridized carbons (Fsp3) is 0.842. The van der Waals surface area contributed by atoms with E-state index in [0.29, 0.717) is 24.0 Å². The van der Waals surface area contributed by atoms with E-state index >= 15 is 0 Å². The quantitative estimate of drug-likeness (QED) is 0.677. The van der Waals surface area contributed by atoms with Crippen LogP contribution in [0.2, 0.25) is 0 Å². The zero-order chi connectivity index (χ0) is 15.7. The first-order valence-electron chi connectivity index (χ1n) is 8.97. The van der Waals surface area contributed by atoms with Crippen molar-refractivity contribution in [2.45, 2.75) is 71.0 Å². The molecule has 0 heterocycles. The summed E-state index contributed by atoms with van der Waals surface area (Å²) < 4.78 is 0. The Morgan fingerprint density at radius 2 is 1.73 bits per heavy atom. The van der Waals surface area contributed by atoms with E-state index in [1.54, 1.807) is 0 Å². The number of ketones is 1. The molecule has 3 nitrogen and oxygen atoms in total. The normalized spacial score (nSPS) is 54.3. The van der Waals surface area contributed by atoms with E-state index in [1.165, 1.54) is 5.57 Å². The summed E-state index contributed by atoms with van der Waals surface area (Å²) in [6.45, 7) is 4.48. The molecule has 4 aliphatic rings. The number of aliphatic hydroxyl groups excluding tert-OH is 2. The molecule has 0 aromatic heterocycles. The molecule has 0 aliphatic heterocycles. The van der Waals surface area contributed by atoms with Gasteiger partial charge in [0.15, 0.2) is 0 Å². The zero-order valence-electron chi connectivity index (χ0n) is 13.7. The fourth-order valence-corrected chi connectivity index (χ4v) is 6.40. The Labute approximate surface area is 132 Å². The van der Waals surface area contributed by atoms with Gasteiger partial charge in [0.05, 0.1) is 12.2 Å². The van der Waals surface area contributed by atoms with Gasteiger partial charge in [-0.1, -0.05) is 25.5 Å². The number of carbonyl (C=O) groups is 1. The summed E-state index contributed by atoms with van der Waals surface area (Å²) in [7, 11) is 0.